The van der Waals surface area contributed by atoms with E-state index in [1.54, 1.807) is 36.5 Å². The third-order valence-corrected chi connectivity index (χ3v) is 7.62. The fourth-order valence-corrected chi connectivity index (χ4v) is 5.17. The molecule has 0 unspecified atom stereocenters. The lowest BCUT2D eigenvalue weighted by atomic mass is 10.1. The molecule has 0 saturated carbocycles. The molecule has 6 rings (SSSR count). The number of rotatable bonds is 10. The number of carboxylic acids is 1. The number of imidazole rings is 1. The number of carboxylic acid groups (broad SMARTS) is 1. The van der Waals surface area contributed by atoms with Crippen molar-refractivity contribution < 1.29 is 28.5 Å². The van der Waals surface area contributed by atoms with E-state index in [1.165, 1.54) is 12.1 Å². The first-order valence-electron chi connectivity index (χ1n) is 14.2. The normalized spacial score (nSPS) is 17.5. The lowest BCUT2D eigenvalue weighted by molar-refractivity contribution is -0.0181. The molecule has 2 aliphatic heterocycles. The van der Waals surface area contributed by atoms with E-state index >= 15 is 0 Å². The zero-order chi connectivity index (χ0) is 29.8. The first-order chi connectivity index (χ1) is 20.9. The third-order valence-electron chi connectivity index (χ3n) is 7.62. The first-order valence-corrected chi connectivity index (χ1v) is 14.2. The molecular weight excluding hydrogens is 553 g/mol. The second kappa shape index (κ2) is 12.6. The van der Waals surface area contributed by atoms with Crippen LogP contribution in [0.25, 0.3) is 17.2 Å². The number of likely N-dealkylation sites (tertiary alicyclic amines) is 1. The van der Waals surface area contributed by atoms with Crippen LogP contribution in [0.4, 0.5) is 4.39 Å². The summed E-state index contributed by atoms with van der Waals surface area (Å²) in [6.45, 7) is 3.04. The van der Waals surface area contributed by atoms with Crippen molar-refractivity contribution in [1.29, 1.82) is 5.26 Å². The first kappa shape index (κ1) is 28.3. The second-order valence-electron chi connectivity index (χ2n) is 10.6. The van der Waals surface area contributed by atoms with Gasteiger partial charge in [0, 0.05) is 38.0 Å². The Hall–Kier alpha value is -4.79. The van der Waals surface area contributed by atoms with Crippen molar-refractivity contribution in [2.45, 2.75) is 44.6 Å². The van der Waals surface area contributed by atoms with Crippen LogP contribution in [0.3, 0.4) is 0 Å². The number of halogens is 1. The average molecular weight is 584 g/mol. The molecule has 43 heavy (non-hydrogen) atoms. The fourth-order valence-electron chi connectivity index (χ4n) is 5.17. The summed E-state index contributed by atoms with van der Waals surface area (Å²) >= 11 is 0. The average Bonchev–Trinajstić information content (AvgIpc) is 3.33. The minimum Gasteiger partial charge on any atom is -0.490 e. The molecule has 2 aliphatic rings. The largest absolute Gasteiger partial charge is 0.490 e. The topological polar surface area (TPSA) is 123 Å². The zero-order valence-electron chi connectivity index (χ0n) is 23.4. The Kier molecular flexibility index (Phi) is 8.31. The standard InChI is InChI=1S/C32H30FN5O5/c33-27-15-21(18-34)1-4-30(27)42-20-23-17-26(5-10-35-23)43-25-6-11-37(12-7-25)19-31-36-28-3-2-22(32(39)40)16-29(28)38(31)13-8-24-9-14-41-24/h1-5,8,10,13,15-17,24-25H,6-7,9,11-12,14,19-20H2,(H,39,40)/b13-8-/t24-/m1/s1. The minimum absolute atomic E-state index is 0.0241. The Morgan fingerprint density at radius 3 is 2.72 bits per heavy atom. The highest BCUT2D eigenvalue weighted by molar-refractivity contribution is 5.93. The van der Waals surface area contributed by atoms with Gasteiger partial charge in [-0.2, -0.15) is 5.26 Å². The lowest BCUT2D eigenvalue weighted by Gasteiger charge is -2.32. The summed E-state index contributed by atoms with van der Waals surface area (Å²) in [6, 6.07) is 14.6. The smallest absolute Gasteiger partial charge is 0.335 e. The van der Waals surface area contributed by atoms with E-state index < -0.39 is 11.8 Å². The predicted octanol–water partition coefficient (Wildman–Crippen LogP) is 5.02. The number of nitrogens with zero attached hydrogens (tertiary/aromatic N) is 5. The van der Waals surface area contributed by atoms with E-state index in [0.717, 1.165) is 61.9 Å². The maximum absolute atomic E-state index is 14.1. The maximum atomic E-state index is 14.1. The molecule has 0 radical (unpaired) electrons. The lowest BCUT2D eigenvalue weighted by Crippen LogP contribution is -2.38. The Morgan fingerprint density at radius 2 is 2.00 bits per heavy atom. The van der Waals surface area contributed by atoms with Crippen LogP contribution in [0.5, 0.6) is 11.5 Å². The van der Waals surface area contributed by atoms with Gasteiger partial charge in [0.05, 0.1) is 53.2 Å². The molecule has 4 heterocycles. The van der Waals surface area contributed by atoms with Crippen LogP contribution in [0.1, 0.15) is 46.7 Å². The van der Waals surface area contributed by atoms with E-state index in [0.29, 0.717) is 18.0 Å². The molecule has 1 N–H and O–H groups in total. The molecule has 1 atom stereocenters. The van der Waals surface area contributed by atoms with Crippen molar-refractivity contribution >= 4 is 23.2 Å². The Bertz CT molecular complexity index is 1700. The number of piperidine rings is 1. The monoisotopic (exact) mass is 583 g/mol. The summed E-state index contributed by atoms with van der Waals surface area (Å²) in [5.41, 5.74) is 2.55. The van der Waals surface area contributed by atoms with Crippen LogP contribution < -0.4 is 9.47 Å². The Balaban J connectivity index is 1.07. The van der Waals surface area contributed by atoms with Gasteiger partial charge in [0.1, 0.15) is 24.3 Å². The molecule has 0 bridgehead atoms. The van der Waals surface area contributed by atoms with E-state index in [-0.39, 0.29) is 35.7 Å². The van der Waals surface area contributed by atoms with Gasteiger partial charge in [-0.15, -0.1) is 0 Å². The highest BCUT2D eigenvalue weighted by Crippen LogP contribution is 2.25. The molecule has 2 fully saturated rings. The van der Waals surface area contributed by atoms with Crippen molar-refractivity contribution in [1.82, 2.24) is 19.4 Å². The van der Waals surface area contributed by atoms with E-state index in [4.69, 9.17) is 24.5 Å². The molecule has 0 aliphatic carbocycles. The SMILES string of the molecule is N#Cc1ccc(OCc2cc(OC3CCN(Cc4nc5ccc(C(=O)O)cc5n4/C=C\[C@@H]4CCO4)CC3)ccn2)c(F)c1. The van der Waals surface area contributed by atoms with Crippen LogP contribution in [0.15, 0.2) is 60.8 Å². The molecule has 11 heteroatoms. The van der Waals surface area contributed by atoms with Crippen LogP contribution in [-0.4, -0.2) is 62.4 Å². The van der Waals surface area contributed by atoms with Crippen LogP contribution in [-0.2, 0) is 17.9 Å². The minimum atomic E-state index is -0.973. The summed E-state index contributed by atoms with van der Waals surface area (Å²) in [7, 11) is 0. The summed E-state index contributed by atoms with van der Waals surface area (Å²) in [6.07, 6.45) is 8.27. The van der Waals surface area contributed by atoms with Gasteiger partial charge in [-0.3, -0.25) is 9.88 Å². The van der Waals surface area contributed by atoms with Crippen molar-refractivity contribution in [2.24, 2.45) is 0 Å². The number of hydrogen-bond donors (Lipinski definition) is 1. The van der Waals surface area contributed by atoms with Gasteiger partial charge in [0.15, 0.2) is 11.6 Å². The number of pyridine rings is 1. The predicted molar refractivity (Wildman–Crippen MR) is 155 cm³/mol. The summed E-state index contributed by atoms with van der Waals surface area (Å²) < 4.78 is 33.5. The van der Waals surface area contributed by atoms with Gasteiger partial charge >= 0.3 is 5.97 Å². The molecule has 2 saturated heterocycles. The molecule has 0 spiro atoms. The number of nitriles is 1. The molecule has 2 aromatic carbocycles. The Labute approximate surface area is 247 Å². The van der Waals surface area contributed by atoms with Crippen LogP contribution in [0.2, 0.25) is 0 Å². The summed E-state index contributed by atoms with van der Waals surface area (Å²) in [4.78, 5) is 23.0. The molecule has 10 nitrogen and oxygen atoms in total. The van der Waals surface area contributed by atoms with E-state index in [9.17, 15) is 14.3 Å². The number of ether oxygens (including phenoxy) is 3. The molecule has 0 amide bonds. The van der Waals surface area contributed by atoms with Gasteiger partial charge < -0.3 is 23.9 Å². The van der Waals surface area contributed by atoms with Crippen molar-refractivity contribution in [2.75, 3.05) is 19.7 Å². The fraction of sp³-hybridized carbons (Fsp3) is 0.312. The van der Waals surface area contributed by atoms with Gasteiger partial charge in [-0.1, -0.05) is 0 Å². The Morgan fingerprint density at radius 1 is 1.16 bits per heavy atom. The molecule has 2 aromatic heterocycles. The van der Waals surface area contributed by atoms with Crippen molar-refractivity contribution in [3.05, 3.63) is 89.3 Å². The third kappa shape index (κ3) is 6.66. The number of hydrogen-bond acceptors (Lipinski definition) is 8. The van der Waals surface area contributed by atoms with Gasteiger partial charge in [0.25, 0.3) is 0 Å². The number of benzene rings is 2. The maximum Gasteiger partial charge on any atom is 0.335 e. The highest BCUT2D eigenvalue weighted by Gasteiger charge is 2.23. The zero-order valence-corrected chi connectivity index (χ0v) is 23.4. The second-order valence-corrected chi connectivity index (χ2v) is 10.6. The van der Waals surface area contributed by atoms with Crippen molar-refractivity contribution in [3.63, 3.8) is 0 Å². The quantitative estimate of drug-likeness (QED) is 0.274. The number of carbonyl (C=O) groups is 1. The van der Waals surface area contributed by atoms with Crippen molar-refractivity contribution in [3.8, 4) is 17.6 Å². The van der Waals surface area contributed by atoms with Gasteiger partial charge in [-0.25, -0.2) is 14.2 Å². The highest BCUT2D eigenvalue weighted by atomic mass is 19.1. The summed E-state index contributed by atoms with van der Waals surface area (Å²) in [5, 5.41) is 18.4. The number of aromatic nitrogens is 3. The molecule has 4 aromatic rings. The summed E-state index contributed by atoms with van der Waals surface area (Å²) in [5.74, 6) is -0.000264. The molecular formula is C32H30FN5O5. The van der Waals surface area contributed by atoms with Crippen LogP contribution >= 0.6 is 0 Å². The number of fused-ring (bicyclic) bond motifs is 1. The molecule has 220 valence electrons. The van der Waals surface area contributed by atoms with Gasteiger partial charge in [0.2, 0.25) is 0 Å². The van der Waals surface area contributed by atoms with Gasteiger partial charge in [-0.05, 0) is 61.4 Å². The number of aromatic carboxylic acids is 1. The van der Waals surface area contributed by atoms with Crippen LogP contribution in [0, 0.1) is 17.1 Å². The van der Waals surface area contributed by atoms with E-state index in [1.807, 2.05) is 22.9 Å². The van der Waals surface area contributed by atoms with E-state index in [2.05, 4.69) is 9.88 Å².